The number of amides is 1. The highest BCUT2D eigenvalue weighted by Crippen LogP contribution is 2.30. The fourth-order valence-corrected chi connectivity index (χ4v) is 4.19. The van der Waals surface area contributed by atoms with Gasteiger partial charge in [0.2, 0.25) is 0 Å². The number of rotatable bonds is 5. The molecule has 1 amide bonds. The maximum Gasteiger partial charge on any atom is 0.251 e. The van der Waals surface area contributed by atoms with Crippen molar-refractivity contribution in [1.29, 1.82) is 0 Å². The molecule has 2 fully saturated rings. The number of carbonyl (C=O) groups is 1. The molecule has 0 aliphatic carbocycles. The number of aromatic nitrogens is 3. The molecular weight excluding hydrogens is 390 g/mol. The number of nitrogens with one attached hydrogen (secondary N) is 1. The maximum absolute atomic E-state index is 12.8. The van der Waals surface area contributed by atoms with Gasteiger partial charge in [0.15, 0.2) is 0 Å². The van der Waals surface area contributed by atoms with Gasteiger partial charge in [0.25, 0.3) is 5.91 Å². The van der Waals surface area contributed by atoms with Crippen LogP contribution in [0.4, 0.5) is 11.5 Å². The molecule has 2 atom stereocenters. The molecule has 158 valence electrons. The molecule has 0 spiro atoms. The van der Waals surface area contributed by atoms with E-state index in [0.29, 0.717) is 19.7 Å². The Bertz CT molecular complexity index is 1040. The topological polar surface area (TPSA) is 80.2 Å². The number of carbonyl (C=O) groups excluding carboxylic acids is 1. The van der Waals surface area contributed by atoms with E-state index < -0.39 is 0 Å². The Morgan fingerprint density at radius 1 is 1.10 bits per heavy atom. The second kappa shape index (κ2) is 8.81. The number of benzene rings is 1. The van der Waals surface area contributed by atoms with Gasteiger partial charge in [-0.2, -0.15) is 0 Å². The van der Waals surface area contributed by atoms with E-state index in [4.69, 9.17) is 14.7 Å². The fourth-order valence-electron chi connectivity index (χ4n) is 4.19. The summed E-state index contributed by atoms with van der Waals surface area (Å²) in [6, 6.07) is 15.8. The molecule has 3 aromatic rings. The zero-order chi connectivity index (χ0) is 21.0. The maximum atomic E-state index is 12.8. The lowest BCUT2D eigenvalue weighted by Gasteiger charge is -2.20. The van der Waals surface area contributed by atoms with Crippen molar-refractivity contribution < 1.29 is 9.53 Å². The third kappa shape index (κ3) is 4.41. The molecular formula is C24H25N5O2. The molecule has 7 nitrogen and oxygen atoms in total. The van der Waals surface area contributed by atoms with Crippen molar-refractivity contribution in [2.45, 2.75) is 31.3 Å². The summed E-state index contributed by atoms with van der Waals surface area (Å²) in [5.74, 6) is 1.69. The highest BCUT2D eigenvalue weighted by molar-refractivity contribution is 5.81. The van der Waals surface area contributed by atoms with Crippen molar-refractivity contribution in [3.63, 3.8) is 0 Å². The van der Waals surface area contributed by atoms with Crippen molar-refractivity contribution in [2.75, 3.05) is 25.0 Å². The molecule has 1 N–H and O–H groups in total. The van der Waals surface area contributed by atoms with Crippen LogP contribution in [0.25, 0.3) is 11.3 Å². The highest BCUT2D eigenvalue weighted by atomic mass is 16.5. The number of nitrogens with zero attached hydrogens (tertiary/aromatic N) is 4. The fraction of sp³-hybridized carbons (Fsp3) is 0.333. The first-order valence-electron chi connectivity index (χ1n) is 10.8. The molecule has 2 saturated heterocycles. The molecule has 31 heavy (non-hydrogen) atoms. The number of hydrogen-bond acceptors (Lipinski definition) is 6. The molecule has 0 radical (unpaired) electrons. The van der Waals surface area contributed by atoms with Gasteiger partial charge in [0.05, 0.1) is 5.69 Å². The van der Waals surface area contributed by atoms with Crippen LogP contribution < -0.4 is 5.32 Å². The van der Waals surface area contributed by atoms with E-state index in [1.807, 2.05) is 53.4 Å². The molecule has 2 aliphatic rings. The van der Waals surface area contributed by atoms with Crippen LogP contribution in [0.5, 0.6) is 0 Å². The van der Waals surface area contributed by atoms with Gasteiger partial charge in [0, 0.05) is 55.3 Å². The monoisotopic (exact) mass is 415 g/mol. The van der Waals surface area contributed by atoms with Gasteiger partial charge in [-0.3, -0.25) is 9.78 Å². The van der Waals surface area contributed by atoms with E-state index in [-0.39, 0.29) is 17.9 Å². The Morgan fingerprint density at radius 3 is 2.77 bits per heavy atom. The largest absolute Gasteiger partial charge is 0.368 e. The predicted octanol–water partition coefficient (Wildman–Crippen LogP) is 3.78. The molecule has 0 saturated carbocycles. The number of ether oxygens (including phenoxy) is 1. The lowest BCUT2D eigenvalue weighted by molar-refractivity contribution is -0.139. The Morgan fingerprint density at radius 2 is 2.00 bits per heavy atom. The summed E-state index contributed by atoms with van der Waals surface area (Å²) in [6.45, 7) is 2.02. The van der Waals surface area contributed by atoms with E-state index in [1.54, 1.807) is 12.4 Å². The third-order valence-corrected chi connectivity index (χ3v) is 5.82. The summed E-state index contributed by atoms with van der Waals surface area (Å²) in [4.78, 5) is 28.6. The SMILES string of the molecule is O=C([C@@H]1CCCO1)N1CC[C@@H](c2nc(Nc3ccccc3)cc(-c3cccnc3)n2)C1. The molecule has 0 unspecified atom stereocenters. The van der Waals surface area contributed by atoms with Crippen LogP contribution in [0.1, 0.15) is 31.0 Å². The lowest BCUT2D eigenvalue weighted by Crippen LogP contribution is -2.37. The first-order valence-corrected chi connectivity index (χ1v) is 10.8. The standard InChI is InChI=1S/C24H25N5O2/c30-24(21-9-5-13-31-21)29-12-10-18(16-29)23-27-20(17-6-4-11-25-15-17)14-22(28-23)26-19-7-2-1-3-8-19/h1-4,6-8,11,14-15,18,21H,5,9-10,12-13,16H2,(H,26,27,28)/t18-,21+/m1/s1. The zero-order valence-electron chi connectivity index (χ0n) is 17.3. The van der Waals surface area contributed by atoms with Crippen LogP contribution in [-0.4, -0.2) is 51.6 Å². The molecule has 5 rings (SSSR count). The Hall–Kier alpha value is -3.32. The summed E-state index contributed by atoms with van der Waals surface area (Å²) >= 11 is 0. The molecule has 7 heteroatoms. The summed E-state index contributed by atoms with van der Waals surface area (Å²) in [7, 11) is 0. The van der Waals surface area contributed by atoms with Crippen LogP contribution in [0.3, 0.4) is 0 Å². The first kappa shape index (κ1) is 19.6. The number of para-hydroxylation sites is 1. The predicted molar refractivity (Wildman–Crippen MR) is 118 cm³/mol. The molecule has 0 bridgehead atoms. The molecule has 1 aromatic carbocycles. The van der Waals surface area contributed by atoms with Crippen molar-refractivity contribution >= 4 is 17.4 Å². The van der Waals surface area contributed by atoms with Crippen LogP contribution >= 0.6 is 0 Å². The minimum atomic E-state index is -0.281. The van der Waals surface area contributed by atoms with Gasteiger partial charge >= 0.3 is 0 Å². The summed E-state index contributed by atoms with van der Waals surface area (Å²) in [6.07, 6.45) is 5.90. The minimum absolute atomic E-state index is 0.0956. The smallest absolute Gasteiger partial charge is 0.251 e. The molecule has 4 heterocycles. The second-order valence-electron chi connectivity index (χ2n) is 8.00. The van der Waals surface area contributed by atoms with Gasteiger partial charge in [-0.1, -0.05) is 18.2 Å². The Labute approximate surface area is 181 Å². The van der Waals surface area contributed by atoms with Crippen LogP contribution in [0.15, 0.2) is 60.9 Å². The van der Waals surface area contributed by atoms with E-state index in [2.05, 4.69) is 10.3 Å². The number of hydrogen-bond donors (Lipinski definition) is 1. The van der Waals surface area contributed by atoms with E-state index in [9.17, 15) is 4.79 Å². The Balaban J connectivity index is 1.42. The minimum Gasteiger partial charge on any atom is -0.368 e. The van der Waals surface area contributed by atoms with Gasteiger partial charge < -0.3 is 15.0 Å². The summed E-state index contributed by atoms with van der Waals surface area (Å²) < 4.78 is 5.59. The van der Waals surface area contributed by atoms with Gasteiger partial charge in [-0.15, -0.1) is 0 Å². The third-order valence-electron chi connectivity index (χ3n) is 5.82. The van der Waals surface area contributed by atoms with Crippen molar-refractivity contribution in [3.05, 3.63) is 66.7 Å². The normalized spacial score (nSPS) is 20.7. The van der Waals surface area contributed by atoms with E-state index in [0.717, 1.165) is 47.8 Å². The van der Waals surface area contributed by atoms with E-state index >= 15 is 0 Å². The van der Waals surface area contributed by atoms with Gasteiger partial charge in [-0.05, 0) is 43.5 Å². The van der Waals surface area contributed by atoms with Gasteiger partial charge in [0.1, 0.15) is 17.7 Å². The van der Waals surface area contributed by atoms with Crippen molar-refractivity contribution in [2.24, 2.45) is 0 Å². The molecule has 2 aliphatic heterocycles. The number of anilines is 2. The average molecular weight is 415 g/mol. The summed E-state index contributed by atoms with van der Waals surface area (Å²) in [5, 5.41) is 3.38. The van der Waals surface area contributed by atoms with Gasteiger partial charge in [-0.25, -0.2) is 9.97 Å². The average Bonchev–Trinajstić information content (AvgIpc) is 3.52. The lowest BCUT2D eigenvalue weighted by atomic mass is 10.1. The van der Waals surface area contributed by atoms with Crippen LogP contribution in [0, 0.1) is 0 Å². The first-order chi connectivity index (χ1) is 15.3. The van der Waals surface area contributed by atoms with Crippen molar-refractivity contribution in [3.8, 4) is 11.3 Å². The highest BCUT2D eigenvalue weighted by Gasteiger charge is 2.34. The van der Waals surface area contributed by atoms with Crippen LogP contribution in [-0.2, 0) is 9.53 Å². The second-order valence-corrected chi connectivity index (χ2v) is 8.00. The number of pyridine rings is 1. The number of likely N-dealkylation sites (tertiary alicyclic amines) is 1. The molecule has 2 aromatic heterocycles. The van der Waals surface area contributed by atoms with Crippen LogP contribution in [0.2, 0.25) is 0 Å². The summed E-state index contributed by atoms with van der Waals surface area (Å²) in [5.41, 5.74) is 2.72. The Kier molecular flexibility index (Phi) is 5.58. The van der Waals surface area contributed by atoms with Crippen molar-refractivity contribution in [1.82, 2.24) is 19.9 Å². The zero-order valence-corrected chi connectivity index (χ0v) is 17.3. The quantitative estimate of drug-likeness (QED) is 0.683. The van der Waals surface area contributed by atoms with E-state index in [1.165, 1.54) is 0 Å².